The number of nitrogens with one attached hydrogen (secondary N) is 1. The van der Waals surface area contributed by atoms with Crippen molar-refractivity contribution in [3.05, 3.63) is 107 Å². The lowest BCUT2D eigenvalue weighted by atomic mass is 10.0. The summed E-state index contributed by atoms with van der Waals surface area (Å²) in [4.78, 5) is 17.7. The number of hydrogen-bond acceptors (Lipinski definition) is 4. The summed E-state index contributed by atoms with van der Waals surface area (Å²) in [5.74, 6) is 0.455. The minimum absolute atomic E-state index is 0.117. The van der Waals surface area contributed by atoms with Crippen molar-refractivity contribution in [1.82, 2.24) is 10.3 Å². The van der Waals surface area contributed by atoms with E-state index in [-0.39, 0.29) is 18.6 Å². The topological polar surface area (TPSA) is 71.5 Å². The number of nitrogens with zero attached hydrogens (tertiary/aromatic N) is 1. The van der Waals surface area contributed by atoms with Gasteiger partial charge in [0, 0.05) is 16.0 Å². The van der Waals surface area contributed by atoms with Crippen molar-refractivity contribution < 1.29 is 14.6 Å². The van der Waals surface area contributed by atoms with Gasteiger partial charge in [-0.1, -0.05) is 67.1 Å². The van der Waals surface area contributed by atoms with E-state index in [1.807, 2.05) is 85.8 Å². The summed E-state index contributed by atoms with van der Waals surface area (Å²) < 4.78 is 5.92. The number of aromatic nitrogens is 1. The molecule has 0 saturated heterocycles. The van der Waals surface area contributed by atoms with Crippen LogP contribution in [0.5, 0.6) is 5.75 Å². The number of hydrogen-bond donors (Lipinski definition) is 2. The second kappa shape index (κ2) is 11.6. The van der Waals surface area contributed by atoms with Crippen molar-refractivity contribution in [2.75, 3.05) is 6.61 Å². The number of fused-ring (bicyclic) bond motifs is 1. The van der Waals surface area contributed by atoms with Crippen molar-refractivity contribution in [3.8, 4) is 5.75 Å². The maximum atomic E-state index is 13.0. The Kier molecular flexibility index (Phi) is 8.14. The molecule has 1 unspecified atom stereocenters. The Morgan fingerprint density at radius 2 is 1.77 bits per heavy atom. The van der Waals surface area contributed by atoms with Crippen molar-refractivity contribution in [2.24, 2.45) is 0 Å². The van der Waals surface area contributed by atoms with Gasteiger partial charge in [0.1, 0.15) is 12.4 Å². The van der Waals surface area contributed by atoms with Crippen LogP contribution in [-0.2, 0) is 11.4 Å². The molecule has 4 rings (SSSR count). The lowest BCUT2D eigenvalue weighted by Gasteiger charge is -2.16. The molecule has 1 amide bonds. The van der Waals surface area contributed by atoms with Crippen LogP contribution in [0.25, 0.3) is 22.6 Å². The second-order valence-electron chi connectivity index (χ2n) is 8.18. The highest BCUT2D eigenvalue weighted by molar-refractivity contribution is 6.31. The standard InChI is InChI=1S/C29H27ClN2O3/c1-2-24(18-33)32-29(34)27(21-9-12-23(30)13-10-21)17-20-7-15-26(16-8-20)35-19-25-14-11-22-5-3-4-6-28(22)31-25/h3-17,24,33H,2,18-19H2,1H3,(H,32,34). The predicted molar refractivity (Wildman–Crippen MR) is 141 cm³/mol. The zero-order chi connectivity index (χ0) is 24.6. The van der Waals surface area contributed by atoms with E-state index < -0.39 is 0 Å². The molecule has 178 valence electrons. The number of pyridine rings is 1. The molecule has 0 aliphatic rings. The summed E-state index contributed by atoms with van der Waals surface area (Å²) in [6.07, 6.45) is 2.45. The number of para-hydroxylation sites is 1. The molecule has 0 radical (unpaired) electrons. The molecule has 0 bridgehead atoms. The van der Waals surface area contributed by atoms with Crippen LogP contribution in [0.15, 0.2) is 84.9 Å². The fourth-order valence-corrected chi connectivity index (χ4v) is 3.75. The van der Waals surface area contributed by atoms with Crippen LogP contribution in [0.2, 0.25) is 5.02 Å². The zero-order valence-corrected chi connectivity index (χ0v) is 20.2. The van der Waals surface area contributed by atoms with E-state index in [2.05, 4.69) is 10.3 Å². The van der Waals surface area contributed by atoms with E-state index >= 15 is 0 Å². The molecule has 0 spiro atoms. The zero-order valence-electron chi connectivity index (χ0n) is 19.4. The number of carbonyl (C=O) groups is 1. The van der Waals surface area contributed by atoms with E-state index in [4.69, 9.17) is 16.3 Å². The second-order valence-corrected chi connectivity index (χ2v) is 8.62. The van der Waals surface area contributed by atoms with Gasteiger partial charge in [0.25, 0.3) is 5.91 Å². The van der Waals surface area contributed by atoms with E-state index in [1.165, 1.54) is 0 Å². The lowest BCUT2D eigenvalue weighted by Crippen LogP contribution is -2.37. The Hall–Kier alpha value is -3.67. The molecule has 0 aliphatic heterocycles. The fourth-order valence-electron chi connectivity index (χ4n) is 3.62. The Labute approximate surface area is 210 Å². The van der Waals surface area contributed by atoms with Crippen molar-refractivity contribution in [2.45, 2.75) is 26.0 Å². The quantitative estimate of drug-likeness (QED) is 0.228. The van der Waals surface area contributed by atoms with Gasteiger partial charge in [0.2, 0.25) is 0 Å². The predicted octanol–water partition coefficient (Wildman–Crippen LogP) is 5.89. The highest BCUT2D eigenvalue weighted by Crippen LogP contribution is 2.23. The number of aliphatic hydroxyl groups is 1. The molecular formula is C29H27ClN2O3. The Bertz CT molecular complexity index is 1310. The van der Waals surface area contributed by atoms with Crippen LogP contribution >= 0.6 is 11.6 Å². The summed E-state index contributed by atoms with van der Waals surface area (Å²) in [7, 11) is 0. The van der Waals surface area contributed by atoms with Gasteiger partial charge in [-0.15, -0.1) is 0 Å². The van der Waals surface area contributed by atoms with Crippen molar-refractivity contribution >= 4 is 40.1 Å². The number of benzene rings is 3. The van der Waals surface area contributed by atoms with Crippen molar-refractivity contribution in [1.29, 1.82) is 0 Å². The molecule has 0 saturated carbocycles. The Morgan fingerprint density at radius 1 is 1.03 bits per heavy atom. The average molecular weight is 487 g/mol. The van der Waals surface area contributed by atoms with Gasteiger partial charge in [0.05, 0.1) is 23.9 Å². The monoisotopic (exact) mass is 486 g/mol. The van der Waals surface area contributed by atoms with Crippen LogP contribution in [0.4, 0.5) is 0 Å². The van der Waals surface area contributed by atoms with Crippen LogP contribution in [-0.4, -0.2) is 28.6 Å². The average Bonchev–Trinajstić information content (AvgIpc) is 2.90. The number of amides is 1. The molecule has 1 heterocycles. The van der Waals surface area contributed by atoms with E-state index in [0.29, 0.717) is 29.4 Å². The molecule has 1 aromatic heterocycles. The third-order valence-corrected chi connectivity index (χ3v) is 5.93. The molecule has 0 aliphatic carbocycles. The van der Waals surface area contributed by atoms with E-state index in [9.17, 15) is 9.90 Å². The third kappa shape index (κ3) is 6.47. The summed E-state index contributed by atoms with van der Waals surface area (Å²) in [5, 5.41) is 14.1. The first-order chi connectivity index (χ1) is 17.1. The number of aliphatic hydroxyl groups excluding tert-OH is 1. The molecule has 35 heavy (non-hydrogen) atoms. The van der Waals surface area contributed by atoms with Gasteiger partial charge in [-0.2, -0.15) is 0 Å². The molecule has 3 aromatic carbocycles. The van der Waals surface area contributed by atoms with Gasteiger partial charge in [-0.3, -0.25) is 4.79 Å². The third-order valence-electron chi connectivity index (χ3n) is 5.68. The Balaban J connectivity index is 1.50. The highest BCUT2D eigenvalue weighted by atomic mass is 35.5. The summed E-state index contributed by atoms with van der Waals surface area (Å²) in [6.45, 7) is 2.16. The van der Waals surface area contributed by atoms with Gasteiger partial charge >= 0.3 is 0 Å². The lowest BCUT2D eigenvalue weighted by molar-refractivity contribution is -0.116. The smallest absolute Gasteiger partial charge is 0.252 e. The van der Waals surface area contributed by atoms with Gasteiger partial charge in [-0.25, -0.2) is 4.98 Å². The number of ether oxygens (including phenoxy) is 1. The maximum Gasteiger partial charge on any atom is 0.252 e. The summed E-state index contributed by atoms with van der Waals surface area (Å²) in [5.41, 5.74) is 3.86. The molecule has 4 aromatic rings. The van der Waals surface area contributed by atoms with E-state index in [1.54, 1.807) is 12.1 Å². The fraction of sp³-hybridized carbons (Fsp3) is 0.172. The molecule has 6 heteroatoms. The van der Waals surface area contributed by atoms with Crippen molar-refractivity contribution in [3.63, 3.8) is 0 Å². The molecule has 5 nitrogen and oxygen atoms in total. The van der Waals surface area contributed by atoms with Gasteiger partial charge < -0.3 is 15.2 Å². The van der Waals surface area contributed by atoms with Crippen LogP contribution in [0, 0.1) is 0 Å². The molecular weight excluding hydrogens is 460 g/mol. The highest BCUT2D eigenvalue weighted by Gasteiger charge is 2.16. The van der Waals surface area contributed by atoms with Gasteiger partial charge in [0.15, 0.2) is 0 Å². The minimum Gasteiger partial charge on any atom is -0.487 e. The largest absolute Gasteiger partial charge is 0.487 e. The van der Waals surface area contributed by atoms with Crippen LogP contribution in [0.1, 0.15) is 30.2 Å². The maximum absolute atomic E-state index is 13.0. The number of rotatable bonds is 9. The Morgan fingerprint density at radius 3 is 2.49 bits per heavy atom. The van der Waals surface area contributed by atoms with Crippen LogP contribution < -0.4 is 10.1 Å². The SMILES string of the molecule is CCC(CO)NC(=O)C(=Cc1ccc(OCc2ccc3ccccc3n2)cc1)c1ccc(Cl)cc1. The summed E-state index contributed by atoms with van der Waals surface area (Å²) >= 11 is 6.03. The minimum atomic E-state index is -0.308. The summed E-state index contributed by atoms with van der Waals surface area (Å²) in [6, 6.07) is 26.3. The van der Waals surface area contributed by atoms with E-state index in [0.717, 1.165) is 27.7 Å². The first-order valence-corrected chi connectivity index (χ1v) is 11.9. The van der Waals surface area contributed by atoms with Crippen LogP contribution in [0.3, 0.4) is 0 Å². The molecule has 2 N–H and O–H groups in total. The number of carbonyl (C=O) groups excluding carboxylic acids is 1. The normalized spacial score (nSPS) is 12.4. The first-order valence-electron chi connectivity index (χ1n) is 11.5. The molecule has 0 fully saturated rings. The number of halogens is 1. The van der Waals surface area contributed by atoms with Gasteiger partial charge in [-0.05, 0) is 60.0 Å². The molecule has 1 atom stereocenters. The first kappa shape index (κ1) is 24.5.